The first-order valence-electron chi connectivity index (χ1n) is 7.38. The average molecular weight is 399 g/mol. The number of amides is 1. The summed E-state index contributed by atoms with van der Waals surface area (Å²) in [7, 11) is -3.82. The number of carbonyl (C=O) groups is 2. The maximum Gasteiger partial charge on any atom is 0.303 e. The van der Waals surface area contributed by atoms with Crippen LogP contribution in [0.5, 0.6) is 0 Å². The van der Waals surface area contributed by atoms with Gasteiger partial charge in [0, 0.05) is 12.1 Å². The van der Waals surface area contributed by atoms with Gasteiger partial charge in [0.2, 0.25) is 11.0 Å². The van der Waals surface area contributed by atoms with Crippen LogP contribution in [0.25, 0.3) is 0 Å². The Morgan fingerprint density at radius 2 is 1.92 bits per heavy atom. The zero-order valence-corrected chi connectivity index (χ0v) is 15.3. The molecule has 12 heteroatoms. The largest absolute Gasteiger partial charge is 0.481 e. The zero-order chi connectivity index (χ0) is 19.3. The third kappa shape index (κ3) is 5.47. The molecule has 1 atom stereocenters. The lowest BCUT2D eigenvalue weighted by Crippen LogP contribution is -2.36. The highest BCUT2D eigenvalue weighted by atomic mass is 32.2. The summed E-state index contributed by atoms with van der Waals surface area (Å²) in [4.78, 5) is 22.4. The zero-order valence-electron chi connectivity index (χ0n) is 13.7. The minimum Gasteiger partial charge on any atom is -0.481 e. The molecule has 0 fully saturated rings. The number of benzene rings is 1. The van der Waals surface area contributed by atoms with Gasteiger partial charge in [-0.15, -0.1) is 10.2 Å². The first-order valence-corrected chi connectivity index (χ1v) is 9.68. The Morgan fingerprint density at radius 1 is 1.27 bits per heavy atom. The summed E-state index contributed by atoms with van der Waals surface area (Å²) in [5.74, 6) is -1.59. The summed E-state index contributed by atoms with van der Waals surface area (Å²) in [6.45, 7) is 1.70. The minimum absolute atomic E-state index is 0.00118. The van der Waals surface area contributed by atoms with Gasteiger partial charge >= 0.3 is 5.97 Å². The average Bonchev–Trinajstić information content (AvgIpc) is 2.97. The Kier molecular flexibility index (Phi) is 6.23. The number of hydrogen-bond acceptors (Lipinski definition) is 8. The molecule has 26 heavy (non-hydrogen) atoms. The molecule has 0 saturated heterocycles. The van der Waals surface area contributed by atoms with E-state index in [1.807, 2.05) is 0 Å². The van der Waals surface area contributed by atoms with Gasteiger partial charge in [-0.3, -0.25) is 14.3 Å². The van der Waals surface area contributed by atoms with E-state index in [-0.39, 0.29) is 22.9 Å². The molecule has 5 N–H and O–H groups in total. The monoisotopic (exact) mass is 399 g/mol. The number of carbonyl (C=O) groups excluding carboxylic acids is 1. The summed E-state index contributed by atoms with van der Waals surface area (Å²) in [5.41, 5.74) is 5.95. The quantitative estimate of drug-likeness (QED) is 0.505. The number of aromatic nitrogens is 2. The number of sulfonamides is 1. The maximum atomic E-state index is 12.3. The second-order valence-electron chi connectivity index (χ2n) is 5.28. The third-order valence-corrected chi connectivity index (χ3v) is 5.42. The number of nitrogens with zero attached hydrogens (tertiary/aromatic N) is 2. The maximum absolute atomic E-state index is 12.3. The Morgan fingerprint density at radius 3 is 2.46 bits per heavy atom. The van der Waals surface area contributed by atoms with E-state index >= 15 is 0 Å². The van der Waals surface area contributed by atoms with Crippen LogP contribution in [0.4, 0.5) is 10.8 Å². The lowest BCUT2D eigenvalue weighted by Gasteiger charge is -2.11. The Bertz CT molecular complexity index is 895. The number of anilines is 2. The third-order valence-electron chi connectivity index (χ3n) is 3.19. The van der Waals surface area contributed by atoms with Gasteiger partial charge in [0.15, 0.2) is 0 Å². The van der Waals surface area contributed by atoms with E-state index < -0.39 is 27.9 Å². The summed E-state index contributed by atoms with van der Waals surface area (Å²) in [6, 6.07) is 4.46. The van der Waals surface area contributed by atoms with Crippen molar-refractivity contribution in [1.82, 2.24) is 10.2 Å². The normalized spacial score (nSPS) is 12.4. The standard InChI is InChI=1S/C14H17N5O5S2/c1-8-17-18-14(25-8)19-26(23,24)10-4-2-9(3-5-10)16-13(22)11(15)6-7-12(20)21/h2-5,11H,6-7,15H2,1H3,(H,16,22)(H,18,19)(H,20,21)/t11-/m0/s1. The van der Waals surface area contributed by atoms with Crippen LogP contribution in [0, 0.1) is 6.92 Å². The van der Waals surface area contributed by atoms with E-state index in [4.69, 9.17) is 10.8 Å². The summed E-state index contributed by atoms with van der Waals surface area (Å²) < 4.78 is 26.8. The van der Waals surface area contributed by atoms with Crippen LogP contribution in [-0.4, -0.2) is 41.6 Å². The van der Waals surface area contributed by atoms with Gasteiger partial charge in [-0.25, -0.2) is 8.42 Å². The topological polar surface area (TPSA) is 164 Å². The second kappa shape index (κ2) is 8.21. The van der Waals surface area contributed by atoms with Crippen molar-refractivity contribution in [2.75, 3.05) is 10.0 Å². The molecule has 0 aliphatic carbocycles. The van der Waals surface area contributed by atoms with Crippen LogP contribution in [-0.2, 0) is 19.6 Å². The Hall–Kier alpha value is -2.57. The van der Waals surface area contributed by atoms with E-state index in [2.05, 4.69) is 20.2 Å². The number of carboxylic acids is 1. The molecule has 2 aromatic rings. The molecule has 0 aliphatic heterocycles. The van der Waals surface area contributed by atoms with Crippen molar-refractivity contribution in [3.8, 4) is 0 Å². The highest BCUT2D eigenvalue weighted by molar-refractivity contribution is 7.93. The molecular weight excluding hydrogens is 382 g/mol. The van der Waals surface area contributed by atoms with Crippen LogP contribution in [0.1, 0.15) is 17.8 Å². The molecule has 1 aromatic heterocycles. The number of rotatable bonds is 8. The molecule has 0 bridgehead atoms. The van der Waals surface area contributed by atoms with E-state index in [0.717, 1.165) is 11.3 Å². The molecule has 0 spiro atoms. The first kappa shape index (κ1) is 19.8. The molecule has 10 nitrogen and oxygen atoms in total. The van der Waals surface area contributed by atoms with E-state index in [1.165, 1.54) is 24.3 Å². The fraction of sp³-hybridized carbons (Fsp3) is 0.286. The number of nitrogens with two attached hydrogens (primary N) is 1. The van der Waals surface area contributed by atoms with Gasteiger partial charge in [0.05, 0.1) is 10.9 Å². The molecule has 1 heterocycles. The van der Waals surface area contributed by atoms with Crippen molar-refractivity contribution in [3.05, 3.63) is 29.3 Å². The lowest BCUT2D eigenvalue weighted by molar-refractivity contribution is -0.137. The second-order valence-corrected chi connectivity index (χ2v) is 8.15. The van der Waals surface area contributed by atoms with E-state index in [0.29, 0.717) is 10.7 Å². The van der Waals surface area contributed by atoms with Gasteiger partial charge in [0.25, 0.3) is 10.0 Å². The van der Waals surface area contributed by atoms with Crippen LogP contribution < -0.4 is 15.8 Å². The highest BCUT2D eigenvalue weighted by Crippen LogP contribution is 2.20. The van der Waals surface area contributed by atoms with Gasteiger partial charge in [-0.2, -0.15) is 0 Å². The van der Waals surface area contributed by atoms with Crippen molar-refractivity contribution >= 4 is 44.1 Å². The van der Waals surface area contributed by atoms with Crippen LogP contribution in [0.2, 0.25) is 0 Å². The molecule has 0 radical (unpaired) electrons. The molecule has 140 valence electrons. The van der Waals surface area contributed by atoms with Crippen LogP contribution in [0.3, 0.4) is 0 Å². The van der Waals surface area contributed by atoms with Crippen molar-refractivity contribution in [3.63, 3.8) is 0 Å². The van der Waals surface area contributed by atoms with Gasteiger partial charge < -0.3 is 16.2 Å². The Balaban J connectivity index is 2.01. The van der Waals surface area contributed by atoms with E-state index in [9.17, 15) is 18.0 Å². The smallest absolute Gasteiger partial charge is 0.303 e. The first-order chi connectivity index (χ1) is 12.2. The highest BCUT2D eigenvalue weighted by Gasteiger charge is 2.18. The predicted octanol–water partition coefficient (Wildman–Crippen LogP) is 0.778. The van der Waals surface area contributed by atoms with Crippen molar-refractivity contribution in [1.29, 1.82) is 0 Å². The summed E-state index contributed by atoms with van der Waals surface area (Å²) in [5, 5.41) is 19.3. The van der Waals surface area contributed by atoms with Gasteiger partial charge in [0.1, 0.15) is 5.01 Å². The molecule has 1 aromatic carbocycles. The number of hydrogen-bond donors (Lipinski definition) is 4. The van der Waals surface area contributed by atoms with Gasteiger partial charge in [-0.05, 0) is 37.6 Å². The predicted molar refractivity (Wildman–Crippen MR) is 95.4 cm³/mol. The molecule has 1 amide bonds. The fourth-order valence-electron chi connectivity index (χ4n) is 1.87. The summed E-state index contributed by atoms with van der Waals surface area (Å²) >= 11 is 1.11. The van der Waals surface area contributed by atoms with E-state index in [1.54, 1.807) is 6.92 Å². The number of aryl methyl sites for hydroxylation is 1. The molecule has 0 aliphatic rings. The van der Waals surface area contributed by atoms with Crippen LogP contribution >= 0.6 is 11.3 Å². The number of nitrogens with one attached hydrogen (secondary N) is 2. The molecule has 0 unspecified atom stereocenters. The molecular formula is C14H17N5O5S2. The number of aliphatic carboxylic acids is 1. The molecule has 2 rings (SSSR count). The fourth-order valence-corrected chi connectivity index (χ4v) is 3.70. The minimum atomic E-state index is -3.82. The van der Waals surface area contributed by atoms with Crippen molar-refractivity contribution < 1.29 is 23.1 Å². The summed E-state index contributed by atoms with van der Waals surface area (Å²) in [6.07, 6.45) is -0.221. The van der Waals surface area contributed by atoms with Crippen molar-refractivity contribution in [2.45, 2.75) is 30.7 Å². The molecule has 0 saturated carbocycles. The van der Waals surface area contributed by atoms with Gasteiger partial charge in [-0.1, -0.05) is 11.3 Å². The number of carboxylic acid groups (broad SMARTS) is 1. The Labute approximate surface area is 153 Å². The SMILES string of the molecule is Cc1nnc(NS(=O)(=O)c2ccc(NC(=O)[C@@H](N)CCC(=O)O)cc2)s1. The van der Waals surface area contributed by atoms with Crippen molar-refractivity contribution in [2.24, 2.45) is 5.73 Å². The van der Waals surface area contributed by atoms with Crippen LogP contribution in [0.15, 0.2) is 29.2 Å². The lowest BCUT2D eigenvalue weighted by atomic mass is 10.1.